The monoisotopic (exact) mass is 375 g/mol. The molecule has 1 unspecified atom stereocenters. The molecule has 0 radical (unpaired) electrons. The summed E-state index contributed by atoms with van der Waals surface area (Å²) >= 11 is 0. The highest BCUT2D eigenvalue weighted by Gasteiger charge is 2.30. The van der Waals surface area contributed by atoms with Gasteiger partial charge in [0.05, 0.1) is 19.1 Å². The maximum Gasteiger partial charge on any atom is 0.239 e. The fourth-order valence-corrected chi connectivity index (χ4v) is 3.80. The molecular weight excluding hydrogens is 342 g/mol. The van der Waals surface area contributed by atoms with Gasteiger partial charge in [0, 0.05) is 58.2 Å². The van der Waals surface area contributed by atoms with Crippen LogP contribution >= 0.6 is 0 Å². The van der Waals surface area contributed by atoms with Crippen molar-refractivity contribution in [1.29, 1.82) is 0 Å². The minimum Gasteiger partial charge on any atom is -0.357 e. The zero-order chi connectivity index (χ0) is 19.1. The molecule has 2 saturated heterocycles. The maximum atomic E-state index is 12.6. The molecule has 1 N–H and O–H groups in total. The minimum atomic E-state index is -0.0235. The first-order chi connectivity index (χ1) is 13.2. The molecule has 2 fully saturated rings. The first kappa shape index (κ1) is 19.7. The third-order valence-corrected chi connectivity index (χ3v) is 5.42. The molecule has 3 rings (SSSR count). The number of guanidine groups is 1. The number of aliphatic imine (C=N–C) groups is 1. The molecule has 8 nitrogen and oxygen atoms in total. The van der Waals surface area contributed by atoms with Crippen LogP contribution in [0.25, 0.3) is 0 Å². The van der Waals surface area contributed by atoms with E-state index in [1.165, 1.54) is 0 Å². The highest BCUT2D eigenvalue weighted by molar-refractivity contribution is 5.82. The van der Waals surface area contributed by atoms with Gasteiger partial charge in [0.1, 0.15) is 0 Å². The Hall–Kier alpha value is -2.09. The van der Waals surface area contributed by atoms with E-state index in [-0.39, 0.29) is 6.04 Å². The smallest absolute Gasteiger partial charge is 0.239 e. The van der Waals surface area contributed by atoms with Gasteiger partial charge in [-0.15, -0.1) is 0 Å². The lowest BCUT2D eigenvalue weighted by Gasteiger charge is -2.39. The van der Waals surface area contributed by atoms with Gasteiger partial charge in [0.2, 0.25) is 5.91 Å². The van der Waals surface area contributed by atoms with Crippen molar-refractivity contribution in [2.45, 2.75) is 39.3 Å². The number of aromatic nitrogens is 2. The zero-order valence-corrected chi connectivity index (χ0v) is 16.7. The SMILES string of the molecule is CCNC(=NCCn1cccn1)N1CCN(C(C)C(=O)N2CCCC2)CC1. The molecule has 1 aromatic heterocycles. The van der Waals surface area contributed by atoms with Crippen molar-refractivity contribution in [3.05, 3.63) is 18.5 Å². The first-order valence-corrected chi connectivity index (χ1v) is 10.2. The summed E-state index contributed by atoms with van der Waals surface area (Å²) in [4.78, 5) is 24.0. The summed E-state index contributed by atoms with van der Waals surface area (Å²) in [5, 5.41) is 7.62. The first-order valence-electron chi connectivity index (χ1n) is 10.2. The van der Waals surface area contributed by atoms with Crippen LogP contribution < -0.4 is 5.32 Å². The molecule has 0 spiro atoms. The van der Waals surface area contributed by atoms with Gasteiger partial charge in [-0.2, -0.15) is 5.10 Å². The van der Waals surface area contributed by atoms with Crippen LogP contribution in [0.5, 0.6) is 0 Å². The van der Waals surface area contributed by atoms with Crippen molar-refractivity contribution < 1.29 is 4.79 Å². The van der Waals surface area contributed by atoms with E-state index in [4.69, 9.17) is 4.99 Å². The van der Waals surface area contributed by atoms with Crippen LogP contribution in [0, 0.1) is 0 Å². The Morgan fingerprint density at radius 2 is 1.89 bits per heavy atom. The lowest BCUT2D eigenvalue weighted by molar-refractivity contribution is -0.135. The molecule has 150 valence electrons. The molecule has 0 bridgehead atoms. The van der Waals surface area contributed by atoms with Crippen LogP contribution in [0.3, 0.4) is 0 Å². The predicted molar refractivity (Wildman–Crippen MR) is 107 cm³/mol. The second kappa shape index (κ2) is 9.73. The molecule has 3 heterocycles. The average molecular weight is 376 g/mol. The van der Waals surface area contributed by atoms with Crippen molar-refractivity contribution in [2.24, 2.45) is 4.99 Å². The Morgan fingerprint density at radius 1 is 1.15 bits per heavy atom. The summed E-state index contributed by atoms with van der Waals surface area (Å²) in [7, 11) is 0. The van der Waals surface area contributed by atoms with Crippen molar-refractivity contribution in [1.82, 2.24) is 29.8 Å². The van der Waals surface area contributed by atoms with E-state index in [1.807, 2.05) is 21.8 Å². The largest absolute Gasteiger partial charge is 0.357 e. The number of nitrogens with one attached hydrogen (secondary N) is 1. The van der Waals surface area contributed by atoms with E-state index in [9.17, 15) is 4.79 Å². The molecule has 27 heavy (non-hydrogen) atoms. The molecular formula is C19H33N7O. The summed E-state index contributed by atoms with van der Waals surface area (Å²) < 4.78 is 1.90. The topological polar surface area (TPSA) is 69.0 Å². The lowest BCUT2D eigenvalue weighted by Crippen LogP contribution is -2.57. The van der Waals surface area contributed by atoms with Crippen molar-refractivity contribution in [2.75, 3.05) is 52.4 Å². The predicted octanol–water partition coefficient (Wildman–Crippen LogP) is 0.477. The second-order valence-electron chi connectivity index (χ2n) is 7.24. The number of carbonyl (C=O) groups is 1. The van der Waals surface area contributed by atoms with E-state index >= 15 is 0 Å². The van der Waals surface area contributed by atoms with Gasteiger partial charge in [0.15, 0.2) is 5.96 Å². The highest BCUT2D eigenvalue weighted by atomic mass is 16.2. The number of nitrogens with zero attached hydrogens (tertiary/aromatic N) is 6. The maximum absolute atomic E-state index is 12.6. The van der Waals surface area contributed by atoms with Gasteiger partial charge in [-0.05, 0) is 32.8 Å². The molecule has 2 aliphatic rings. The van der Waals surface area contributed by atoms with Gasteiger partial charge in [0.25, 0.3) is 0 Å². The van der Waals surface area contributed by atoms with Gasteiger partial charge in [-0.1, -0.05) is 0 Å². The third-order valence-electron chi connectivity index (χ3n) is 5.42. The van der Waals surface area contributed by atoms with Gasteiger partial charge in [-0.3, -0.25) is 19.4 Å². The summed E-state index contributed by atoms with van der Waals surface area (Å²) in [5.74, 6) is 1.25. The van der Waals surface area contributed by atoms with Crippen LogP contribution in [0.2, 0.25) is 0 Å². The molecule has 0 saturated carbocycles. The number of piperazine rings is 1. The fourth-order valence-electron chi connectivity index (χ4n) is 3.80. The van der Waals surface area contributed by atoms with Gasteiger partial charge in [-0.25, -0.2) is 0 Å². The van der Waals surface area contributed by atoms with E-state index in [0.29, 0.717) is 12.5 Å². The zero-order valence-electron chi connectivity index (χ0n) is 16.7. The van der Waals surface area contributed by atoms with Crippen LogP contribution in [-0.2, 0) is 11.3 Å². The van der Waals surface area contributed by atoms with Crippen LogP contribution in [-0.4, -0.2) is 94.7 Å². The summed E-state index contributed by atoms with van der Waals surface area (Å²) in [6, 6.07) is 1.91. The Labute approximate surface area is 162 Å². The van der Waals surface area contributed by atoms with E-state index < -0.39 is 0 Å². The minimum absolute atomic E-state index is 0.0235. The van der Waals surface area contributed by atoms with E-state index in [0.717, 1.165) is 71.2 Å². The fraction of sp³-hybridized carbons (Fsp3) is 0.737. The number of carbonyl (C=O) groups excluding carboxylic acids is 1. The van der Waals surface area contributed by atoms with E-state index in [1.54, 1.807) is 6.20 Å². The van der Waals surface area contributed by atoms with Gasteiger partial charge >= 0.3 is 0 Å². The summed E-state index contributed by atoms with van der Waals surface area (Å²) in [6.45, 7) is 11.9. The summed E-state index contributed by atoms with van der Waals surface area (Å²) in [6.07, 6.45) is 6.04. The molecule has 8 heteroatoms. The van der Waals surface area contributed by atoms with Gasteiger partial charge < -0.3 is 15.1 Å². The molecule has 2 aliphatic heterocycles. The van der Waals surface area contributed by atoms with Crippen LogP contribution in [0.1, 0.15) is 26.7 Å². The molecule has 1 amide bonds. The number of rotatable bonds is 6. The van der Waals surface area contributed by atoms with Crippen LogP contribution in [0.15, 0.2) is 23.5 Å². The number of amides is 1. The van der Waals surface area contributed by atoms with E-state index in [2.05, 4.69) is 34.1 Å². The van der Waals surface area contributed by atoms with Crippen molar-refractivity contribution in [3.63, 3.8) is 0 Å². The van der Waals surface area contributed by atoms with Crippen molar-refractivity contribution in [3.8, 4) is 0 Å². The average Bonchev–Trinajstić information content (AvgIpc) is 3.40. The third kappa shape index (κ3) is 5.22. The van der Waals surface area contributed by atoms with Crippen LogP contribution in [0.4, 0.5) is 0 Å². The number of hydrogen-bond acceptors (Lipinski definition) is 4. The Morgan fingerprint density at radius 3 is 2.52 bits per heavy atom. The Kier molecular flexibility index (Phi) is 7.09. The normalized spacial score (nSPS) is 20.1. The lowest BCUT2D eigenvalue weighted by atomic mass is 10.2. The quantitative estimate of drug-likeness (QED) is 0.578. The molecule has 1 atom stereocenters. The number of hydrogen-bond donors (Lipinski definition) is 1. The molecule has 0 aromatic carbocycles. The van der Waals surface area contributed by atoms with Crippen molar-refractivity contribution >= 4 is 11.9 Å². The second-order valence-corrected chi connectivity index (χ2v) is 7.24. The molecule has 0 aliphatic carbocycles. The Bertz CT molecular complexity index is 602. The Balaban J connectivity index is 1.49. The molecule has 1 aromatic rings. The standard InChI is InChI=1S/C19H33N7O/c1-3-20-19(21-8-12-26-11-6-7-22-26)25-15-13-23(14-16-25)17(2)18(27)24-9-4-5-10-24/h6-7,11,17H,3-5,8-10,12-16H2,1-2H3,(H,20,21). The highest BCUT2D eigenvalue weighted by Crippen LogP contribution is 2.14. The number of likely N-dealkylation sites (tertiary alicyclic amines) is 1. The summed E-state index contributed by atoms with van der Waals surface area (Å²) in [5.41, 5.74) is 0.